The van der Waals surface area contributed by atoms with E-state index < -0.39 is 21.7 Å². The second-order valence-electron chi connectivity index (χ2n) is 7.51. The van der Waals surface area contributed by atoms with Gasteiger partial charge in [0.05, 0.1) is 21.2 Å². The highest BCUT2D eigenvalue weighted by Crippen LogP contribution is 2.25. The summed E-state index contributed by atoms with van der Waals surface area (Å²) in [5.41, 5.74) is 0.411. The topological polar surface area (TPSA) is 104 Å². The summed E-state index contributed by atoms with van der Waals surface area (Å²) >= 11 is 6.14. The van der Waals surface area contributed by atoms with Gasteiger partial charge in [0, 0.05) is 17.3 Å². The van der Waals surface area contributed by atoms with Crippen molar-refractivity contribution in [1.29, 1.82) is 0 Å². The number of carbonyl (C=O) groups excluding carboxylic acids is 2. The third-order valence-corrected chi connectivity index (χ3v) is 6.60. The van der Waals surface area contributed by atoms with Gasteiger partial charge in [-0.2, -0.15) is 0 Å². The minimum Gasteiger partial charge on any atom is -0.349 e. The Morgan fingerprint density at radius 2 is 1.70 bits per heavy atom. The van der Waals surface area contributed by atoms with Crippen molar-refractivity contribution in [3.63, 3.8) is 0 Å². The van der Waals surface area contributed by atoms with E-state index in [4.69, 9.17) is 11.6 Å². The maximum Gasteiger partial charge on any atom is 0.262 e. The molecule has 4 rings (SSSR count). The molecule has 1 aliphatic rings. The van der Waals surface area contributed by atoms with Crippen LogP contribution in [0.5, 0.6) is 0 Å². The van der Waals surface area contributed by atoms with Gasteiger partial charge in [-0.3, -0.25) is 14.3 Å². The minimum absolute atomic E-state index is 0.0278. The Hall–Kier alpha value is -3.43. The summed E-state index contributed by atoms with van der Waals surface area (Å²) < 4.78 is 41.5. The Kier molecular flexibility index (Phi) is 6.35. The fraction of sp³-hybridized carbons (Fsp3) is 0.130. The average molecular weight is 488 g/mol. The lowest BCUT2D eigenvalue weighted by molar-refractivity contribution is 0.0949. The van der Waals surface area contributed by atoms with E-state index in [1.807, 2.05) is 0 Å². The van der Waals surface area contributed by atoms with Gasteiger partial charge in [0.1, 0.15) is 5.82 Å². The van der Waals surface area contributed by atoms with Gasteiger partial charge in [-0.1, -0.05) is 29.8 Å². The molecule has 33 heavy (non-hydrogen) atoms. The predicted octanol–water partition coefficient (Wildman–Crippen LogP) is 4.42. The van der Waals surface area contributed by atoms with Crippen molar-refractivity contribution >= 4 is 44.8 Å². The fourth-order valence-electron chi connectivity index (χ4n) is 3.03. The second-order valence-corrected chi connectivity index (χ2v) is 9.60. The summed E-state index contributed by atoms with van der Waals surface area (Å²) in [5, 5.41) is 5.52. The molecule has 0 atom stereocenters. The largest absolute Gasteiger partial charge is 0.349 e. The molecule has 3 aromatic rings. The van der Waals surface area contributed by atoms with E-state index in [-0.39, 0.29) is 33.1 Å². The van der Waals surface area contributed by atoms with E-state index in [1.54, 1.807) is 18.2 Å². The molecule has 1 fully saturated rings. The average Bonchev–Trinajstić information content (AvgIpc) is 3.59. The molecule has 10 heteroatoms. The number of benzene rings is 3. The van der Waals surface area contributed by atoms with E-state index in [9.17, 15) is 22.4 Å². The van der Waals surface area contributed by atoms with E-state index in [0.29, 0.717) is 11.3 Å². The predicted molar refractivity (Wildman–Crippen MR) is 124 cm³/mol. The number of anilines is 2. The van der Waals surface area contributed by atoms with Crippen molar-refractivity contribution in [2.24, 2.45) is 0 Å². The summed E-state index contributed by atoms with van der Waals surface area (Å²) in [6, 6.07) is 15.5. The van der Waals surface area contributed by atoms with Crippen LogP contribution in [0.2, 0.25) is 5.02 Å². The Morgan fingerprint density at radius 1 is 0.939 bits per heavy atom. The van der Waals surface area contributed by atoms with Gasteiger partial charge >= 0.3 is 0 Å². The van der Waals surface area contributed by atoms with Crippen LogP contribution in [0.1, 0.15) is 33.6 Å². The van der Waals surface area contributed by atoms with Gasteiger partial charge in [0.15, 0.2) is 0 Å². The molecule has 7 nitrogen and oxygen atoms in total. The van der Waals surface area contributed by atoms with Crippen LogP contribution in [0.15, 0.2) is 71.6 Å². The lowest BCUT2D eigenvalue weighted by Crippen LogP contribution is -2.25. The Morgan fingerprint density at radius 3 is 2.42 bits per heavy atom. The Labute approximate surface area is 195 Å². The summed E-state index contributed by atoms with van der Waals surface area (Å²) in [5.74, 6) is -1.64. The number of rotatable bonds is 7. The molecule has 1 saturated carbocycles. The van der Waals surface area contributed by atoms with Crippen LogP contribution in [-0.2, 0) is 10.0 Å². The first-order chi connectivity index (χ1) is 15.7. The van der Waals surface area contributed by atoms with Gasteiger partial charge in [0.25, 0.3) is 21.8 Å². The number of nitrogens with one attached hydrogen (secondary N) is 3. The number of carbonyl (C=O) groups is 2. The number of para-hydroxylation sites is 1. The van der Waals surface area contributed by atoms with Crippen LogP contribution in [-0.4, -0.2) is 26.3 Å². The van der Waals surface area contributed by atoms with Crippen molar-refractivity contribution in [1.82, 2.24) is 5.32 Å². The molecule has 0 bridgehead atoms. The maximum absolute atomic E-state index is 13.9. The van der Waals surface area contributed by atoms with Gasteiger partial charge in [-0.05, 0) is 61.4 Å². The molecule has 0 spiro atoms. The zero-order valence-electron chi connectivity index (χ0n) is 17.1. The lowest BCUT2D eigenvalue weighted by atomic mass is 10.1. The highest BCUT2D eigenvalue weighted by atomic mass is 35.5. The van der Waals surface area contributed by atoms with Gasteiger partial charge < -0.3 is 10.6 Å². The van der Waals surface area contributed by atoms with Gasteiger partial charge in [0.2, 0.25) is 0 Å². The van der Waals surface area contributed by atoms with Gasteiger partial charge in [-0.25, -0.2) is 12.8 Å². The van der Waals surface area contributed by atoms with Gasteiger partial charge in [-0.15, -0.1) is 0 Å². The molecule has 3 aromatic carbocycles. The fourth-order valence-corrected chi connectivity index (χ4v) is 4.32. The highest BCUT2D eigenvalue weighted by Gasteiger charge is 2.24. The minimum atomic E-state index is -4.19. The highest BCUT2D eigenvalue weighted by molar-refractivity contribution is 7.92. The Bertz CT molecular complexity index is 1340. The zero-order chi connectivity index (χ0) is 23.6. The summed E-state index contributed by atoms with van der Waals surface area (Å²) in [6.45, 7) is 0. The monoisotopic (exact) mass is 487 g/mol. The van der Waals surface area contributed by atoms with E-state index in [1.165, 1.54) is 36.4 Å². The number of amides is 2. The van der Waals surface area contributed by atoms with Crippen LogP contribution in [0.4, 0.5) is 15.8 Å². The first-order valence-electron chi connectivity index (χ1n) is 10.0. The first kappa shape index (κ1) is 22.8. The van der Waals surface area contributed by atoms with Crippen molar-refractivity contribution in [2.75, 3.05) is 10.0 Å². The third kappa shape index (κ3) is 5.50. The van der Waals surface area contributed by atoms with E-state index in [2.05, 4.69) is 15.4 Å². The first-order valence-corrected chi connectivity index (χ1v) is 11.9. The number of halogens is 2. The summed E-state index contributed by atoms with van der Waals surface area (Å²) in [7, 11) is -4.19. The number of hydrogen-bond donors (Lipinski definition) is 3. The number of hydrogen-bond acceptors (Lipinski definition) is 4. The molecule has 2 amide bonds. The molecule has 1 aliphatic carbocycles. The van der Waals surface area contributed by atoms with Crippen LogP contribution in [0.3, 0.4) is 0 Å². The van der Waals surface area contributed by atoms with Crippen molar-refractivity contribution in [3.05, 3.63) is 88.7 Å². The van der Waals surface area contributed by atoms with Crippen molar-refractivity contribution in [2.45, 2.75) is 23.8 Å². The van der Waals surface area contributed by atoms with Crippen LogP contribution in [0, 0.1) is 5.82 Å². The normalized spacial score (nSPS) is 13.3. The Balaban J connectivity index is 1.54. The maximum atomic E-state index is 13.9. The van der Waals surface area contributed by atoms with E-state index in [0.717, 1.165) is 25.0 Å². The molecule has 3 N–H and O–H groups in total. The van der Waals surface area contributed by atoms with Crippen molar-refractivity contribution in [3.8, 4) is 0 Å². The van der Waals surface area contributed by atoms with Crippen molar-refractivity contribution < 1.29 is 22.4 Å². The van der Waals surface area contributed by atoms with Crippen LogP contribution < -0.4 is 15.4 Å². The molecular formula is C23H19ClFN3O4S. The zero-order valence-corrected chi connectivity index (χ0v) is 18.7. The summed E-state index contributed by atoms with van der Waals surface area (Å²) in [4.78, 5) is 24.8. The SMILES string of the molecule is O=C(NC1CC1)c1cccc(NC(=O)c2cc(S(=O)(=O)Nc3ccccc3F)ccc2Cl)c1. The van der Waals surface area contributed by atoms with E-state index >= 15 is 0 Å². The molecule has 0 aromatic heterocycles. The number of sulfonamides is 1. The quantitative estimate of drug-likeness (QED) is 0.458. The summed E-state index contributed by atoms with van der Waals surface area (Å²) in [6.07, 6.45) is 1.90. The molecule has 0 unspecified atom stereocenters. The molecule has 0 saturated heterocycles. The van der Waals surface area contributed by atoms with Crippen LogP contribution >= 0.6 is 11.6 Å². The lowest BCUT2D eigenvalue weighted by Gasteiger charge is -2.12. The molecule has 170 valence electrons. The molecule has 0 radical (unpaired) electrons. The molecule has 0 heterocycles. The molecular weight excluding hydrogens is 469 g/mol. The second kappa shape index (κ2) is 9.21. The smallest absolute Gasteiger partial charge is 0.262 e. The third-order valence-electron chi connectivity index (χ3n) is 4.91. The van der Waals surface area contributed by atoms with Crippen LogP contribution in [0.25, 0.3) is 0 Å². The molecule has 0 aliphatic heterocycles. The standard InChI is InChI=1S/C23H19ClFN3O4S/c24-19-11-10-17(33(31,32)28-21-7-2-1-6-20(21)25)13-18(19)23(30)27-16-5-3-4-14(12-16)22(29)26-15-8-9-15/h1-7,10-13,15,28H,8-9H2,(H,26,29)(H,27,30).